The van der Waals surface area contributed by atoms with Crippen molar-refractivity contribution in [3.8, 4) is 0 Å². The molecule has 0 radical (unpaired) electrons. The van der Waals surface area contributed by atoms with Gasteiger partial charge in [0.1, 0.15) is 5.82 Å². The molecule has 20 heavy (non-hydrogen) atoms. The van der Waals surface area contributed by atoms with Crippen molar-refractivity contribution in [2.75, 3.05) is 0 Å². The minimum atomic E-state index is -0.867. The van der Waals surface area contributed by atoms with Crippen LogP contribution in [-0.4, -0.2) is 20.6 Å². The third-order valence-corrected chi connectivity index (χ3v) is 4.23. The lowest BCUT2D eigenvalue weighted by Gasteiger charge is -2.09. The van der Waals surface area contributed by atoms with E-state index < -0.39 is 5.97 Å². The van der Waals surface area contributed by atoms with Gasteiger partial charge in [-0.3, -0.25) is 0 Å². The summed E-state index contributed by atoms with van der Waals surface area (Å²) in [6, 6.07) is 5.82. The van der Waals surface area contributed by atoms with E-state index in [1.165, 1.54) is 0 Å². The fraction of sp³-hybridized carbons (Fsp3) is 0.500. The Hall–Kier alpha value is -1.84. The van der Waals surface area contributed by atoms with Crippen LogP contribution in [0.25, 0.3) is 11.0 Å². The van der Waals surface area contributed by atoms with Gasteiger partial charge in [-0.25, -0.2) is 9.78 Å². The monoisotopic (exact) mass is 272 g/mol. The van der Waals surface area contributed by atoms with E-state index in [1.807, 2.05) is 6.07 Å². The summed E-state index contributed by atoms with van der Waals surface area (Å²) in [5.74, 6) is 0.843. The number of carboxylic acid groups (broad SMARTS) is 1. The Kier molecular flexibility index (Phi) is 3.24. The average molecular weight is 272 g/mol. The molecule has 1 saturated carbocycles. The highest BCUT2D eigenvalue weighted by atomic mass is 16.4. The third kappa shape index (κ3) is 1.99. The Balaban J connectivity index is 2.21. The molecule has 2 aromatic rings. The number of carbonyl (C=O) groups is 1. The molecule has 0 bridgehead atoms. The van der Waals surface area contributed by atoms with Crippen LogP contribution in [0.15, 0.2) is 18.2 Å². The number of carboxylic acids is 1. The standard InChI is InChI=1S/C16H20N2O2/c1-3-6-14-17-12-8-5-7-11(16(19)20)15(12)18(14)13-9-10(13)4-2/h5,7-8,10,13H,3-4,6,9H2,1-2H3,(H,19,20). The topological polar surface area (TPSA) is 55.1 Å². The van der Waals surface area contributed by atoms with Crippen molar-refractivity contribution in [1.82, 2.24) is 9.55 Å². The van der Waals surface area contributed by atoms with Crippen molar-refractivity contribution in [1.29, 1.82) is 0 Å². The number of benzene rings is 1. The molecule has 2 atom stereocenters. The Labute approximate surface area is 118 Å². The first-order valence-electron chi connectivity index (χ1n) is 7.40. The smallest absolute Gasteiger partial charge is 0.337 e. The molecule has 1 aromatic heterocycles. The number of imidazole rings is 1. The van der Waals surface area contributed by atoms with Gasteiger partial charge in [-0.2, -0.15) is 0 Å². The molecular formula is C16H20N2O2. The van der Waals surface area contributed by atoms with E-state index in [4.69, 9.17) is 0 Å². The van der Waals surface area contributed by atoms with Gasteiger partial charge in [0.25, 0.3) is 0 Å². The molecule has 1 aromatic carbocycles. The lowest BCUT2D eigenvalue weighted by Crippen LogP contribution is -2.06. The van der Waals surface area contributed by atoms with Gasteiger partial charge in [0.2, 0.25) is 0 Å². The minimum Gasteiger partial charge on any atom is -0.478 e. The summed E-state index contributed by atoms with van der Waals surface area (Å²) in [6.07, 6.45) is 4.22. The van der Waals surface area contributed by atoms with Gasteiger partial charge in [0, 0.05) is 12.5 Å². The molecular weight excluding hydrogens is 252 g/mol. The number of nitrogens with zero attached hydrogens (tertiary/aromatic N) is 2. The summed E-state index contributed by atoms with van der Waals surface area (Å²) < 4.78 is 2.20. The zero-order valence-corrected chi connectivity index (χ0v) is 12.0. The molecule has 1 aliphatic rings. The SMILES string of the molecule is CCCc1nc2cccc(C(=O)O)c2n1C1CC1CC. The predicted octanol–water partition coefficient (Wildman–Crippen LogP) is 3.66. The number of para-hydroxylation sites is 1. The average Bonchev–Trinajstić information content (AvgIpc) is 3.11. The highest BCUT2D eigenvalue weighted by Gasteiger charge is 2.39. The van der Waals surface area contributed by atoms with E-state index in [1.54, 1.807) is 12.1 Å². The van der Waals surface area contributed by atoms with Gasteiger partial charge in [-0.1, -0.05) is 26.3 Å². The van der Waals surface area contributed by atoms with Gasteiger partial charge in [-0.15, -0.1) is 0 Å². The summed E-state index contributed by atoms with van der Waals surface area (Å²) in [5, 5.41) is 9.43. The molecule has 0 amide bonds. The quantitative estimate of drug-likeness (QED) is 0.903. The number of aromatic nitrogens is 2. The highest BCUT2D eigenvalue weighted by molar-refractivity contribution is 6.01. The molecule has 2 unspecified atom stereocenters. The Morgan fingerprint density at radius 1 is 1.45 bits per heavy atom. The number of aryl methyl sites for hydroxylation is 1. The first-order valence-corrected chi connectivity index (χ1v) is 7.40. The molecule has 0 aliphatic heterocycles. The summed E-state index contributed by atoms with van der Waals surface area (Å²) in [4.78, 5) is 16.2. The molecule has 1 heterocycles. The van der Waals surface area contributed by atoms with Crippen LogP contribution in [0.2, 0.25) is 0 Å². The number of rotatable bonds is 5. The third-order valence-electron chi connectivity index (χ3n) is 4.23. The van der Waals surface area contributed by atoms with Crippen LogP contribution in [0, 0.1) is 5.92 Å². The molecule has 0 spiro atoms. The zero-order chi connectivity index (χ0) is 14.3. The maximum Gasteiger partial charge on any atom is 0.337 e. The summed E-state index contributed by atoms with van der Waals surface area (Å²) in [6.45, 7) is 4.33. The van der Waals surface area contributed by atoms with E-state index in [0.717, 1.165) is 42.5 Å². The van der Waals surface area contributed by atoms with E-state index in [9.17, 15) is 9.90 Å². The van der Waals surface area contributed by atoms with Crippen molar-refractivity contribution in [2.24, 2.45) is 5.92 Å². The van der Waals surface area contributed by atoms with E-state index in [2.05, 4.69) is 23.4 Å². The molecule has 1 fully saturated rings. The Bertz CT molecular complexity index is 660. The first-order chi connectivity index (χ1) is 9.67. The lowest BCUT2D eigenvalue weighted by molar-refractivity contribution is 0.0698. The highest BCUT2D eigenvalue weighted by Crippen LogP contribution is 2.48. The second-order valence-electron chi connectivity index (χ2n) is 5.60. The van der Waals surface area contributed by atoms with Gasteiger partial charge in [-0.05, 0) is 30.9 Å². The Morgan fingerprint density at radius 2 is 2.25 bits per heavy atom. The van der Waals surface area contributed by atoms with Gasteiger partial charge >= 0.3 is 5.97 Å². The molecule has 0 saturated heterocycles. The van der Waals surface area contributed by atoms with Gasteiger partial charge < -0.3 is 9.67 Å². The van der Waals surface area contributed by atoms with E-state index >= 15 is 0 Å². The molecule has 3 rings (SSSR count). The molecule has 1 aliphatic carbocycles. The van der Waals surface area contributed by atoms with Crippen LogP contribution in [0.5, 0.6) is 0 Å². The summed E-state index contributed by atoms with van der Waals surface area (Å²) in [7, 11) is 0. The van der Waals surface area contributed by atoms with Crippen LogP contribution < -0.4 is 0 Å². The van der Waals surface area contributed by atoms with Crippen molar-refractivity contribution >= 4 is 17.0 Å². The van der Waals surface area contributed by atoms with E-state index in [0.29, 0.717) is 17.5 Å². The number of fused-ring (bicyclic) bond motifs is 1. The number of hydrogen-bond donors (Lipinski definition) is 1. The largest absolute Gasteiger partial charge is 0.478 e. The number of hydrogen-bond acceptors (Lipinski definition) is 2. The normalized spacial score (nSPS) is 21.3. The van der Waals surface area contributed by atoms with Crippen LogP contribution in [0.4, 0.5) is 0 Å². The Morgan fingerprint density at radius 3 is 2.85 bits per heavy atom. The van der Waals surface area contributed by atoms with Crippen LogP contribution in [0.3, 0.4) is 0 Å². The number of aromatic carboxylic acids is 1. The maximum atomic E-state index is 11.5. The fourth-order valence-corrected chi connectivity index (χ4v) is 3.11. The van der Waals surface area contributed by atoms with Gasteiger partial charge in [0.15, 0.2) is 0 Å². The lowest BCUT2D eigenvalue weighted by atomic mass is 10.2. The summed E-state index contributed by atoms with van der Waals surface area (Å²) >= 11 is 0. The van der Waals surface area contributed by atoms with Crippen molar-refractivity contribution < 1.29 is 9.90 Å². The fourth-order valence-electron chi connectivity index (χ4n) is 3.11. The molecule has 4 nitrogen and oxygen atoms in total. The summed E-state index contributed by atoms with van der Waals surface area (Å²) in [5.41, 5.74) is 2.00. The maximum absolute atomic E-state index is 11.5. The van der Waals surface area contributed by atoms with Crippen LogP contribution >= 0.6 is 0 Å². The van der Waals surface area contributed by atoms with Gasteiger partial charge in [0.05, 0.1) is 16.6 Å². The van der Waals surface area contributed by atoms with Crippen LogP contribution in [0.1, 0.15) is 55.3 Å². The van der Waals surface area contributed by atoms with Crippen LogP contribution in [-0.2, 0) is 6.42 Å². The van der Waals surface area contributed by atoms with Crippen molar-refractivity contribution in [2.45, 2.75) is 45.6 Å². The second-order valence-corrected chi connectivity index (χ2v) is 5.60. The second kappa shape index (κ2) is 4.93. The zero-order valence-electron chi connectivity index (χ0n) is 12.0. The molecule has 4 heteroatoms. The first kappa shape index (κ1) is 13.2. The van der Waals surface area contributed by atoms with Crippen molar-refractivity contribution in [3.63, 3.8) is 0 Å². The minimum absolute atomic E-state index is 0.374. The van der Waals surface area contributed by atoms with Crippen molar-refractivity contribution in [3.05, 3.63) is 29.6 Å². The van der Waals surface area contributed by atoms with E-state index in [-0.39, 0.29) is 0 Å². The predicted molar refractivity (Wildman–Crippen MR) is 78.1 cm³/mol. The molecule has 1 N–H and O–H groups in total. The molecule has 106 valence electrons.